The normalized spacial score (nSPS) is 11.2. The van der Waals surface area contributed by atoms with Crippen LogP contribution in [-0.2, 0) is 23.1 Å². The number of sulfonamides is 1. The molecule has 0 aliphatic rings. The fourth-order valence-corrected chi connectivity index (χ4v) is 3.72. The number of hydrogen-bond donors (Lipinski definition) is 2. The van der Waals surface area contributed by atoms with Crippen LogP contribution in [0.25, 0.3) is 0 Å². The molecule has 0 radical (unpaired) electrons. The molecular formula is C20H21N5O3S. The molecule has 2 aromatic carbocycles. The highest BCUT2D eigenvalue weighted by Gasteiger charge is 2.15. The van der Waals surface area contributed by atoms with E-state index in [1.165, 1.54) is 30.6 Å². The van der Waals surface area contributed by atoms with Gasteiger partial charge < -0.3 is 5.32 Å². The number of aromatic nitrogens is 3. The number of carbonyl (C=O) groups is 1. The summed E-state index contributed by atoms with van der Waals surface area (Å²) in [4.78, 5) is 16.4. The van der Waals surface area contributed by atoms with Crippen molar-refractivity contribution in [3.05, 3.63) is 90.5 Å². The Labute approximate surface area is 169 Å². The van der Waals surface area contributed by atoms with Gasteiger partial charge in [-0.05, 0) is 29.3 Å². The molecule has 0 spiro atoms. The summed E-state index contributed by atoms with van der Waals surface area (Å²) in [6.45, 7) is 4.50. The molecule has 150 valence electrons. The lowest BCUT2D eigenvalue weighted by molar-refractivity contribution is 0.0950. The molecule has 0 aliphatic carbocycles. The van der Waals surface area contributed by atoms with Crippen LogP contribution in [-0.4, -0.2) is 35.6 Å². The van der Waals surface area contributed by atoms with Gasteiger partial charge in [-0.2, -0.15) is 5.10 Å². The largest absolute Gasteiger partial charge is 0.348 e. The van der Waals surface area contributed by atoms with Gasteiger partial charge in [0.2, 0.25) is 10.0 Å². The van der Waals surface area contributed by atoms with E-state index in [4.69, 9.17) is 0 Å². The van der Waals surface area contributed by atoms with Crippen molar-refractivity contribution >= 4 is 15.9 Å². The predicted molar refractivity (Wildman–Crippen MR) is 109 cm³/mol. The van der Waals surface area contributed by atoms with E-state index < -0.39 is 10.0 Å². The Morgan fingerprint density at radius 1 is 1.14 bits per heavy atom. The number of nitrogens with zero attached hydrogens (tertiary/aromatic N) is 3. The topological polar surface area (TPSA) is 106 Å². The molecule has 1 amide bonds. The monoisotopic (exact) mass is 411 g/mol. The van der Waals surface area contributed by atoms with Crippen molar-refractivity contribution in [2.24, 2.45) is 0 Å². The molecule has 0 bridgehead atoms. The fraction of sp³-hybridized carbons (Fsp3) is 0.150. The van der Waals surface area contributed by atoms with Crippen molar-refractivity contribution < 1.29 is 13.2 Å². The first-order valence-electron chi connectivity index (χ1n) is 8.87. The Morgan fingerprint density at radius 2 is 1.93 bits per heavy atom. The minimum absolute atomic E-state index is 0.0295. The zero-order valence-corrected chi connectivity index (χ0v) is 16.5. The van der Waals surface area contributed by atoms with Gasteiger partial charge in [0.05, 0.1) is 11.4 Å². The van der Waals surface area contributed by atoms with Gasteiger partial charge >= 0.3 is 0 Å². The van der Waals surface area contributed by atoms with Crippen LogP contribution in [0.3, 0.4) is 0 Å². The minimum Gasteiger partial charge on any atom is -0.348 e. The second-order valence-electron chi connectivity index (χ2n) is 6.26. The number of benzene rings is 2. The zero-order valence-electron chi connectivity index (χ0n) is 15.7. The summed E-state index contributed by atoms with van der Waals surface area (Å²) in [6.07, 6.45) is 4.57. The zero-order chi connectivity index (χ0) is 20.7. The Bertz CT molecular complexity index is 1090. The summed E-state index contributed by atoms with van der Waals surface area (Å²) in [5.41, 5.74) is 2.22. The van der Waals surface area contributed by atoms with Gasteiger partial charge in [-0.3, -0.25) is 4.79 Å². The van der Waals surface area contributed by atoms with Crippen LogP contribution in [0, 0.1) is 0 Å². The van der Waals surface area contributed by atoms with Gasteiger partial charge in [-0.15, -0.1) is 6.58 Å². The molecule has 0 fully saturated rings. The third kappa shape index (κ3) is 5.59. The Hall–Kier alpha value is -3.30. The van der Waals surface area contributed by atoms with Crippen molar-refractivity contribution in [1.29, 1.82) is 0 Å². The standard InChI is InChI=1S/C20H21N5O3S/c1-2-9-24-29(27,28)19-8-4-7-18(11-19)20(26)22-12-16-5-3-6-17(10-16)13-25-15-21-14-23-25/h2-8,10-11,14-15,24H,1,9,12-13H2,(H,22,26). The maximum Gasteiger partial charge on any atom is 0.251 e. The predicted octanol–water partition coefficient (Wildman–Crippen LogP) is 1.72. The van der Waals surface area contributed by atoms with Crippen molar-refractivity contribution in [2.45, 2.75) is 18.0 Å². The fourth-order valence-electron chi connectivity index (χ4n) is 2.68. The SMILES string of the molecule is C=CCNS(=O)(=O)c1cccc(C(=O)NCc2cccc(Cn3cncn3)c2)c1. The minimum atomic E-state index is -3.69. The van der Waals surface area contributed by atoms with E-state index in [1.807, 2.05) is 24.3 Å². The van der Waals surface area contributed by atoms with E-state index in [-0.39, 0.29) is 22.9 Å². The van der Waals surface area contributed by atoms with Gasteiger partial charge in [0, 0.05) is 18.7 Å². The second-order valence-corrected chi connectivity index (χ2v) is 8.03. The first-order chi connectivity index (χ1) is 14.0. The van der Waals surface area contributed by atoms with Crippen LogP contribution in [0.4, 0.5) is 0 Å². The molecule has 2 N–H and O–H groups in total. The van der Waals surface area contributed by atoms with Gasteiger partial charge in [0.1, 0.15) is 12.7 Å². The Balaban J connectivity index is 1.65. The number of carbonyl (C=O) groups excluding carboxylic acids is 1. The lowest BCUT2D eigenvalue weighted by Gasteiger charge is -2.09. The summed E-state index contributed by atoms with van der Waals surface area (Å²) in [5, 5.41) is 6.90. The van der Waals surface area contributed by atoms with Crippen molar-refractivity contribution in [1.82, 2.24) is 24.8 Å². The maximum absolute atomic E-state index is 12.5. The van der Waals surface area contributed by atoms with Crippen LogP contribution in [0.1, 0.15) is 21.5 Å². The summed E-state index contributed by atoms with van der Waals surface area (Å²) in [7, 11) is -3.69. The van der Waals surface area contributed by atoms with Gasteiger partial charge in [0.25, 0.3) is 5.91 Å². The molecule has 0 saturated carbocycles. The molecule has 1 aromatic heterocycles. The molecule has 0 atom stereocenters. The Kier molecular flexibility index (Phi) is 6.53. The van der Waals surface area contributed by atoms with E-state index in [0.29, 0.717) is 13.1 Å². The highest BCUT2D eigenvalue weighted by Crippen LogP contribution is 2.12. The molecule has 29 heavy (non-hydrogen) atoms. The number of amides is 1. The average Bonchev–Trinajstić information content (AvgIpc) is 3.24. The van der Waals surface area contributed by atoms with E-state index in [9.17, 15) is 13.2 Å². The van der Waals surface area contributed by atoms with Gasteiger partial charge in [0.15, 0.2) is 0 Å². The summed E-state index contributed by atoms with van der Waals surface area (Å²) >= 11 is 0. The van der Waals surface area contributed by atoms with Gasteiger partial charge in [-0.25, -0.2) is 22.8 Å². The number of hydrogen-bond acceptors (Lipinski definition) is 5. The van der Waals surface area contributed by atoms with Crippen molar-refractivity contribution in [3.63, 3.8) is 0 Å². The van der Waals surface area contributed by atoms with Crippen LogP contribution < -0.4 is 10.0 Å². The van der Waals surface area contributed by atoms with E-state index in [2.05, 4.69) is 26.7 Å². The van der Waals surface area contributed by atoms with E-state index in [1.54, 1.807) is 17.1 Å². The molecule has 0 aliphatic heterocycles. The third-order valence-electron chi connectivity index (χ3n) is 4.08. The first kappa shape index (κ1) is 20.4. The molecule has 9 heteroatoms. The van der Waals surface area contributed by atoms with E-state index in [0.717, 1.165) is 11.1 Å². The van der Waals surface area contributed by atoms with Crippen molar-refractivity contribution in [2.75, 3.05) is 6.54 Å². The average molecular weight is 411 g/mol. The summed E-state index contributed by atoms with van der Waals surface area (Å²) in [6, 6.07) is 13.7. The summed E-state index contributed by atoms with van der Waals surface area (Å²) < 4.78 is 28.5. The molecule has 0 saturated heterocycles. The first-order valence-corrected chi connectivity index (χ1v) is 10.4. The third-order valence-corrected chi connectivity index (χ3v) is 5.50. The second kappa shape index (κ2) is 9.26. The van der Waals surface area contributed by atoms with Crippen LogP contribution in [0.5, 0.6) is 0 Å². The molecule has 0 unspecified atom stereocenters. The highest BCUT2D eigenvalue weighted by atomic mass is 32.2. The van der Waals surface area contributed by atoms with Gasteiger partial charge in [-0.1, -0.05) is 36.4 Å². The van der Waals surface area contributed by atoms with Crippen LogP contribution >= 0.6 is 0 Å². The smallest absolute Gasteiger partial charge is 0.251 e. The maximum atomic E-state index is 12.5. The molecule has 3 aromatic rings. The number of nitrogens with one attached hydrogen (secondary N) is 2. The summed E-state index contributed by atoms with van der Waals surface area (Å²) in [5.74, 6) is -0.354. The highest BCUT2D eigenvalue weighted by molar-refractivity contribution is 7.89. The van der Waals surface area contributed by atoms with Crippen LogP contribution in [0.2, 0.25) is 0 Å². The molecular weight excluding hydrogens is 390 g/mol. The molecule has 1 heterocycles. The van der Waals surface area contributed by atoms with E-state index >= 15 is 0 Å². The quantitative estimate of drug-likeness (QED) is 0.522. The lowest BCUT2D eigenvalue weighted by atomic mass is 10.1. The Morgan fingerprint density at radius 3 is 2.69 bits per heavy atom. The van der Waals surface area contributed by atoms with Crippen molar-refractivity contribution in [3.8, 4) is 0 Å². The number of rotatable bonds is 9. The lowest BCUT2D eigenvalue weighted by Crippen LogP contribution is -2.25. The van der Waals surface area contributed by atoms with Crippen LogP contribution in [0.15, 0.2) is 78.7 Å². The molecule has 3 rings (SSSR count). The molecule has 8 nitrogen and oxygen atoms in total.